The van der Waals surface area contributed by atoms with Gasteiger partial charge in [0.15, 0.2) is 6.23 Å². The summed E-state index contributed by atoms with van der Waals surface area (Å²) in [7, 11) is -3.79. The summed E-state index contributed by atoms with van der Waals surface area (Å²) in [5.74, 6) is 0.677. The van der Waals surface area contributed by atoms with Crippen LogP contribution < -0.4 is 4.74 Å². The summed E-state index contributed by atoms with van der Waals surface area (Å²) in [5, 5.41) is 2.22. The van der Waals surface area contributed by atoms with Gasteiger partial charge in [-0.1, -0.05) is 72.3 Å². The molecular weight excluding hydrogens is 418 g/mol. The quantitative estimate of drug-likeness (QED) is 0.418. The van der Waals surface area contributed by atoms with Crippen molar-refractivity contribution < 1.29 is 13.2 Å². The molecule has 1 saturated heterocycles. The van der Waals surface area contributed by atoms with Crippen molar-refractivity contribution in [2.75, 3.05) is 0 Å². The summed E-state index contributed by atoms with van der Waals surface area (Å²) in [5.41, 5.74) is 2.27. The monoisotopic (exact) mass is 441 g/mol. The standard InChI is InChI=1S/C27H23NO3S/c1-18-11-15-22(16-12-18)32(29,30)28-26-25(23-9-5-6-10-24(23)31-26)27(28,2)21-14-13-19-7-3-4-8-20(19)17-21/h3-17,25-26H,1-2H3/t25-,26?,27-/m1/s1. The van der Waals surface area contributed by atoms with Crippen molar-refractivity contribution in [2.45, 2.75) is 36.4 Å². The number of hydrogen-bond acceptors (Lipinski definition) is 3. The van der Waals surface area contributed by atoms with Gasteiger partial charge in [-0.15, -0.1) is 4.31 Å². The first kappa shape index (κ1) is 19.5. The zero-order valence-corrected chi connectivity index (χ0v) is 18.7. The van der Waals surface area contributed by atoms with Crippen molar-refractivity contribution >= 4 is 20.8 Å². The van der Waals surface area contributed by atoms with Crippen molar-refractivity contribution in [2.24, 2.45) is 0 Å². The Morgan fingerprint density at radius 3 is 2.31 bits per heavy atom. The molecule has 0 saturated carbocycles. The van der Waals surface area contributed by atoms with Gasteiger partial charge in [0, 0.05) is 5.56 Å². The van der Waals surface area contributed by atoms with E-state index in [0.29, 0.717) is 0 Å². The molecule has 2 heterocycles. The lowest BCUT2D eigenvalue weighted by atomic mass is 9.69. The third-order valence-corrected chi connectivity index (χ3v) is 8.97. The average molecular weight is 442 g/mol. The largest absolute Gasteiger partial charge is 0.473 e. The van der Waals surface area contributed by atoms with Crippen LogP contribution in [0.3, 0.4) is 0 Å². The van der Waals surface area contributed by atoms with Gasteiger partial charge < -0.3 is 4.74 Å². The molecule has 1 fully saturated rings. The van der Waals surface area contributed by atoms with Gasteiger partial charge in [-0.05, 0) is 54.4 Å². The number of para-hydroxylation sites is 1. The second kappa shape index (κ2) is 6.67. The molecule has 32 heavy (non-hydrogen) atoms. The van der Waals surface area contributed by atoms with Crippen molar-refractivity contribution in [1.29, 1.82) is 0 Å². The number of fused-ring (bicyclic) bond motifs is 4. The van der Waals surface area contributed by atoms with Crippen LogP contribution in [0, 0.1) is 6.92 Å². The van der Waals surface area contributed by atoms with Gasteiger partial charge in [0.1, 0.15) is 5.75 Å². The first-order valence-electron chi connectivity index (χ1n) is 10.8. The Kier molecular flexibility index (Phi) is 4.07. The minimum absolute atomic E-state index is 0.0833. The van der Waals surface area contributed by atoms with Crippen LogP contribution in [0.2, 0.25) is 0 Å². The van der Waals surface area contributed by atoms with Crippen LogP contribution in [0.5, 0.6) is 5.75 Å². The molecule has 0 aliphatic carbocycles. The zero-order chi connectivity index (χ0) is 22.1. The minimum atomic E-state index is -3.79. The third-order valence-electron chi connectivity index (χ3n) is 6.99. The fraction of sp³-hybridized carbons (Fsp3) is 0.185. The molecule has 5 heteroatoms. The topological polar surface area (TPSA) is 46.6 Å². The highest BCUT2D eigenvalue weighted by molar-refractivity contribution is 7.89. The van der Waals surface area contributed by atoms with Crippen LogP contribution in [0.4, 0.5) is 0 Å². The smallest absolute Gasteiger partial charge is 0.246 e. The third kappa shape index (κ3) is 2.55. The van der Waals surface area contributed by atoms with E-state index < -0.39 is 21.8 Å². The van der Waals surface area contributed by atoms with Crippen LogP contribution in [-0.2, 0) is 15.6 Å². The zero-order valence-electron chi connectivity index (χ0n) is 17.9. The Labute approximate surface area is 188 Å². The van der Waals surface area contributed by atoms with E-state index in [2.05, 4.69) is 36.4 Å². The molecule has 0 amide bonds. The summed E-state index contributed by atoms with van der Waals surface area (Å²) >= 11 is 0. The molecule has 2 aliphatic heterocycles. The number of benzene rings is 4. The van der Waals surface area contributed by atoms with E-state index in [1.165, 1.54) is 0 Å². The van der Waals surface area contributed by atoms with Crippen molar-refractivity contribution in [3.8, 4) is 5.75 Å². The second-order valence-electron chi connectivity index (χ2n) is 8.85. The first-order valence-corrected chi connectivity index (χ1v) is 12.2. The Bertz CT molecular complexity index is 1460. The summed E-state index contributed by atoms with van der Waals surface area (Å²) in [6, 6.07) is 29.3. The number of rotatable bonds is 3. The van der Waals surface area contributed by atoms with Gasteiger partial charge in [0.2, 0.25) is 10.0 Å². The van der Waals surface area contributed by atoms with Gasteiger partial charge in [0.25, 0.3) is 0 Å². The van der Waals surface area contributed by atoms with Crippen LogP contribution >= 0.6 is 0 Å². The molecule has 4 nitrogen and oxygen atoms in total. The summed E-state index contributed by atoms with van der Waals surface area (Å²) in [6.45, 7) is 3.97. The molecular formula is C27H23NO3S. The summed E-state index contributed by atoms with van der Waals surface area (Å²) in [4.78, 5) is 0.285. The molecule has 1 unspecified atom stereocenters. The summed E-state index contributed by atoms with van der Waals surface area (Å²) in [6.07, 6.45) is -0.560. The Balaban J connectivity index is 1.55. The molecule has 0 spiro atoms. The van der Waals surface area contributed by atoms with Crippen molar-refractivity contribution in [3.05, 3.63) is 108 Å². The van der Waals surface area contributed by atoms with Gasteiger partial charge in [-0.3, -0.25) is 0 Å². The summed E-state index contributed by atoms with van der Waals surface area (Å²) < 4.78 is 35.6. The second-order valence-corrected chi connectivity index (χ2v) is 10.7. The lowest BCUT2D eigenvalue weighted by Gasteiger charge is -2.57. The average Bonchev–Trinajstić information content (AvgIpc) is 3.13. The number of aryl methyl sites for hydroxylation is 1. The van der Waals surface area contributed by atoms with Gasteiger partial charge in [0.05, 0.1) is 16.4 Å². The Morgan fingerprint density at radius 2 is 1.53 bits per heavy atom. The predicted octanol–water partition coefficient (Wildman–Crippen LogP) is 5.57. The van der Waals surface area contributed by atoms with E-state index in [4.69, 9.17) is 4.74 Å². The maximum atomic E-state index is 13.9. The molecule has 0 radical (unpaired) electrons. The van der Waals surface area contributed by atoms with Gasteiger partial charge >= 0.3 is 0 Å². The number of sulfonamides is 1. The SMILES string of the molecule is Cc1ccc(S(=O)(=O)N2C3Oc4ccccc4[C@H]3[C@@]2(C)c2ccc3ccccc3c2)cc1. The lowest BCUT2D eigenvalue weighted by Crippen LogP contribution is -2.69. The Hall–Kier alpha value is -3.15. The maximum Gasteiger partial charge on any atom is 0.246 e. The van der Waals surface area contributed by atoms with Crippen LogP contribution in [0.1, 0.15) is 29.5 Å². The highest BCUT2D eigenvalue weighted by Gasteiger charge is 2.68. The molecule has 6 rings (SSSR count). The first-order chi connectivity index (χ1) is 15.4. The molecule has 4 aromatic carbocycles. The molecule has 0 bridgehead atoms. The molecule has 4 aromatic rings. The van der Waals surface area contributed by atoms with Gasteiger partial charge in [-0.2, -0.15) is 0 Å². The van der Waals surface area contributed by atoms with E-state index >= 15 is 0 Å². The molecule has 3 atom stereocenters. The maximum absolute atomic E-state index is 13.9. The van der Waals surface area contributed by atoms with Gasteiger partial charge in [-0.25, -0.2) is 8.42 Å². The molecule has 160 valence electrons. The lowest BCUT2D eigenvalue weighted by molar-refractivity contribution is -0.104. The number of hydrogen-bond donors (Lipinski definition) is 0. The number of ether oxygens (including phenoxy) is 1. The Morgan fingerprint density at radius 1 is 0.844 bits per heavy atom. The minimum Gasteiger partial charge on any atom is -0.473 e. The molecule has 0 aromatic heterocycles. The highest BCUT2D eigenvalue weighted by Crippen LogP contribution is 2.62. The predicted molar refractivity (Wildman–Crippen MR) is 125 cm³/mol. The van der Waals surface area contributed by atoms with Crippen molar-refractivity contribution in [1.82, 2.24) is 4.31 Å². The molecule has 2 aliphatic rings. The van der Waals surface area contributed by atoms with Crippen LogP contribution in [-0.4, -0.2) is 19.0 Å². The van der Waals surface area contributed by atoms with Crippen molar-refractivity contribution in [3.63, 3.8) is 0 Å². The van der Waals surface area contributed by atoms with E-state index in [1.807, 2.05) is 56.3 Å². The highest BCUT2D eigenvalue weighted by atomic mass is 32.2. The van der Waals surface area contributed by atoms with E-state index in [0.717, 1.165) is 33.2 Å². The normalized spacial score (nSPS) is 24.4. The fourth-order valence-electron chi connectivity index (χ4n) is 5.30. The molecule has 0 N–H and O–H groups in total. The van der Waals surface area contributed by atoms with Crippen LogP contribution in [0.25, 0.3) is 10.8 Å². The van der Waals surface area contributed by atoms with E-state index in [9.17, 15) is 8.42 Å². The van der Waals surface area contributed by atoms with E-state index in [-0.39, 0.29) is 10.8 Å². The van der Waals surface area contributed by atoms with E-state index in [1.54, 1.807) is 16.4 Å². The fourth-order valence-corrected chi connectivity index (χ4v) is 7.16. The van der Waals surface area contributed by atoms with Crippen LogP contribution in [0.15, 0.2) is 95.9 Å². The number of nitrogens with zero attached hydrogens (tertiary/aromatic N) is 1.